The molecule has 0 radical (unpaired) electrons. The summed E-state index contributed by atoms with van der Waals surface area (Å²) >= 11 is 0. The molecule has 0 aromatic heterocycles. The van der Waals surface area contributed by atoms with E-state index in [1.807, 2.05) is 13.8 Å². The molecule has 0 aromatic carbocycles. The largest absolute Gasteiger partial charge is 0.485 e. The van der Waals surface area contributed by atoms with Crippen LogP contribution in [0.5, 0.6) is 0 Å². The summed E-state index contributed by atoms with van der Waals surface area (Å²) in [7, 11) is -2.76. The van der Waals surface area contributed by atoms with Crippen LogP contribution in [-0.4, -0.2) is 20.5 Å². The van der Waals surface area contributed by atoms with Crippen molar-refractivity contribution >= 4 is 20.5 Å². The fourth-order valence-corrected chi connectivity index (χ4v) is 6.39. The number of hydrogen-bond acceptors (Lipinski definition) is 4. The maximum Gasteiger partial charge on any atom is 0.463 e. The molecule has 0 saturated carbocycles. The minimum atomic E-state index is -2.76. The van der Waals surface area contributed by atoms with Gasteiger partial charge in [-0.25, -0.2) is 0 Å². The molecule has 0 aliphatic heterocycles. The van der Waals surface area contributed by atoms with E-state index in [1.54, 1.807) is 0 Å². The molecule has 4 nitrogen and oxygen atoms in total. The minimum absolute atomic E-state index is 0.177. The van der Waals surface area contributed by atoms with Crippen LogP contribution in [0.4, 0.5) is 0 Å². The molecule has 0 atom stereocenters. The normalized spacial score (nSPS) is 11.5. The van der Waals surface area contributed by atoms with Crippen molar-refractivity contribution in [2.75, 3.05) is 0 Å². The third-order valence-electron chi connectivity index (χ3n) is 6.65. The fourth-order valence-electron chi connectivity index (χ4n) is 4.24. The predicted molar refractivity (Wildman–Crippen MR) is 143 cm³/mol. The smallest absolute Gasteiger partial charge is 0.463 e. The van der Waals surface area contributed by atoms with Crippen LogP contribution in [0, 0.1) is 0 Å². The van der Waals surface area contributed by atoms with Crippen molar-refractivity contribution in [2.24, 2.45) is 0 Å². The Kier molecular flexibility index (Phi) is 22.3. The molecule has 5 heteroatoms. The highest BCUT2D eigenvalue weighted by molar-refractivity contribution is 6.70. The van der Waals surface area contributed by atoms with Gasteiger partial charge in [0.05, 0.1) is 0 Å². The summed E-state index contributed by atoms with van der Waals surface area (Å²) in [4.78, 5) is 24.8. The average molecular weight is 485 g/mol. The van der Waals surface area contributed by atoms with Crippen molar-refractivity contribution in [3.8, 4) is 0 Å². The van der Waals surface area contributed by atoms with Gasteiger partial charge in [-0.1, -0.05) is 130 Å². The molecular weight excluding hydrogens is 428 g/mol. The second-order valence-corrected chi connectivity index (χ2v) is 13.4. The van der Waals surface area contributed by atoms with E-state index < -0.39 is 8.56 Å². The summed E-state index contributed by atoms with van der Waals surface area (Å²) in [5, 5.41) is 0. The topological polar surface area (TPSA) is 52.6 Å². The van der Waals surface area contributed by atoms with Crippen molar-refractivity contribution in [3.05, 3.63) is 0 Å². The van der Waals surface area contributed by atoms with E-state index in [9.17, 15) is 9.59 Å². The third kappa shape index (κ3) is 19.2. The molecule has 0 bridgehead atoms. The molecule has 0 rings (SSSR count). The lowest BCUT2D eigenvalue weighted by Crippen LogP contribution is -2.44. The van der Waals surface area contributed by atoms with E-state index in [4.69, 9.17) is 8.85 Å². The second kappa shape index (κ2) is 22.9. The maximum atomic E-state index is 12.4. The first-order chi connectivity index (χ1) is 16.0. The molecule has 0 fully saturated rings. The van der Waals surface area contributed by atoms with Gasteiger partial charge in [-0.2, -0.15) is 0 Å². The van der Waals surface area contributed by atoms with Crippen LogP contribution in [0.3, 0.4) is 0 Å². The Morgan fingerprint density at radius 3 is 1.00 bits per heavy atom. The molecule has 196 valence electrons. The number of hydrogen-bond donors (Lipinski definition) is 0. The van der Waals surface area contributed by atoms with Crippen LogP contribution in [0.1, 0.15) is 156 Å². The van der Waals surface area contributed by atoms with Gasteiger partial charge in [0.25, 0.3) is 11.9 Å². The number of unbranched alkanes of at least 4 members (excludes halogenated alkanes) is 16. The lowest BCUT2D eigenvalue weighted by atomic mass is 10.1. The summed E-state index contributed by atoms with van der Waals surface area (Å²) < 4.78 is 11.7. The average Bonchev–Trinajstić information content (AvgIpc) is 2.81. The van der Waals surface area contributed by atoms with Crippen molar-refractivity contribution in [3.63, 3.8) is 0 Å². The minimum Gasteiger partial charge on any atom is -0.485 e. The van der Waals surface area contributed by atoms with Gasteiger partial charge in [0.2, 0.25) is 0 Å². The van der Waals surface area contributed by atoms with Crippen LogP contribution in [0.2, 0.25) is 12.1 Å². The van der Waals surface area contributed by atoms with Crippen molar-refractivity contribution in [1.29, 1.82) is 0 Å². The number of carbonyl (C=O) groups excluding carboxylic acids is 2. The number of carbonyl (C=O) groups is 2. The molecule has 0 unspecified atom stereocenters. The number of rotatable bonds is 24. The quantitative estimate of drug-likeness (QED) is 0.101. The van der Waals surface area contributed by atoms with E-state index in [2.05, 4.69) is 13.8 Å². The molecule has 0 N–H and O–H groups in total. The predicted octanol–water partition coefficient (Wildman–Crippen LogP) is 9.40. The monoisotopic (exact) mass is 484 g/mol. The first-order valence-electron chi connectivity index (χ1n) is 14.5. The first kappa shape index (κ1) is 32.2. The fraction of sp³-hybridized carbons (Fsp3) is 0.929. The molecule has 0 aliphatic carbocycles. The van der Waals surface area contributed by atoms with E-state index in [0.717, 1.165) is 25.7 Å². The zero-order chi connectivity index (χ0) is 24.6. The molecule has 0 spiro atoms. The van der Waals surface area contributed by atoms with Gasteiger partial charge in [-0.15, -0.1) is 0 Å². The Hall–Kier alpha value is -0.843. The Morgan fingerprint density at radius 1 is 0.455 bits per heavy atom. The molecular formula is C28H56O4Si. The SMILES string of the molecule is CCCCCCCCCCCC(=O)O[Si](CC)(CC)OC(=O)CCCCCCCCCCC. The van der Waals surface area contributed by atoms with Gasteiger partial charge in [-0.3, -0.25) is 9.59 Å². The second-order valence-electron chi connectivity index (χ2n) is 9.72. The van der Waals surface area contributed by atoms with Gasteiger partial charge in [0, 0.05) is 24.9 Å². The van der Waals surface area contributed by atoms with Crippen LogP contribution in [0.15, 0.2) is 0 Å². The highest BCUT2D eigenvalue weighted by Crippen LogP contribution is 2.22. The Balaban J connectivity index is 3.99. The highest BCUT2D eigenvalue weighted by atomic mass is 28.4. The molecule has 0 aromatic rings. The zero-order valence-electron chi connectivity index (χ0n) is 22.7. The van der Waals surface area contributed by atoms with Crippen molar-refractivity contribution < 1.29 is 18.4 Å². The van der Waals surface area contributed by atoms with Crippen LogP contribution < -0.4 is 0 Å². The molecule has 0 aliphatic rings. The van der Waals surface area contributed by atoms with Gasteiger partial charge < -0.3 is 8.85 Å². The van der Waals surface area contributed by atoms with Gasteiger partial charge in [0.15, 0.2) is 0 Å². The summed E-state index contributed by atoms with van der Waals surface area (Å²) in [6, 6.07) is 1.27. The van der Waals surface area contributed by atoms with Crippen LogP contribution in [-0.2, 0) is 18.4 Å². The van der Waals surface area contributed by atoms with Crippen LogP contribution in [0.25, 0.3) is 0 Å². The summed E-state index contributed by atoms with van der Waals surface area (Å²) in [6.45, 7) is 8.44. The highest BCUT2D eigenvalue weighted by Gasteiger charge is 2.41. The Morgan fingerprint density at radius 2 is 0.727 bits per heavy atom. The van der Waals surface area contributed by atoms with E-state index >= 15 is 0 Å². The molecule has 33 heavy (non-hydrogen) atoms. The van der Waals surface area contributed by atoms with Gasteiger partial charge in [-0.05, 0) is 12.8 Å². The van der Waals surface area contributed by atoms with Crippen molar-refractivity contribution in [1.82, 2.24) is 0 Å². The van der Waals surface area contributed by atoms with E-state index in [0.29, 0.717) is 24.9 Å². The van der Waals surface area contributed by atoms with E-state index in [1.165, 1.54) is 89.9 Å². The Bertz CT molecular complexity index is 425. The third-order valence-corrected chi connectivity index (χ3v) is 10.00. The lowest BCUT2D eigenvalue weighted by Gasteiger charge is -2.27. The van der Waals surface area contributed by atoms with Crippen LogP contribution >= 0.6 is 0 Å². The standard InChI is InChI=1S/C28H56O4Si/c1-5-9-11-13-15-17-19-21-23-25-27(29)31-33(7-3,8-4)32-28(30)26-24-22-20-18-16-14-12-10-6-2/h5-26H2,1-4H3. The molecule has 0 saturated heterocycles. The summed E-state index contributed by atoms with van der Waals surface area (Å²) in [6.07, 6.45) is 22.9. The van der Waals surface area contributed by atoms with Crippen molar-refractivity contribution in [2.45, 2.75) is 168 Å². The van der Waals surface area contributed by atoms with Gasteiger partial charge >= 0.3 is 8.56 Å². The zero-order valence-corrected chi connectivity index (χ0v) is 23.7. The molecule has 0 amide bonds. The molecule has 0 heterocycles. The lowest BCUT2D eigenvalue weighted by molar-refractivity contribution is -0.141. The maximum absolute atomic E-state index is 12.4. The Labute approximate surface area is 207 Å². The summed E-state index contributed by atoms with van der Waals surface area (Å²) in [5.41, 5.74) is 0. The summed E-state index contributed by atoms with van der Waals surface area (Å²) in [5.74, 6) is -0.353. The van der Waals surface area contributed by atoms with Gasteiger partial charge in [0.1, 0.15) is 0 Å². The van der Waals surface area contributed by atoms with E-state index in [-0.39, 0.29) is 11.9 Å². The first-order valence-corrected chi connectivity index (χ1v) is 16.7.